The first kappa shape index (κ1) is 25.1. The normalized spacial score (nSPS) is 21.9. The van der Waals surface area contributed by atoms with Crippen molar-refractivity contribution in [2.24, 2.45) is 4.99 Å². The van der Waals surface area contributed by atoms with E-state index in [9.17, 15) is 12.8 Å². The van der Waals surface area contributed by atoms with Crippen LogP contribution in [0.15, 0.2) is 51.1 Å². The van der Waals surface area contributed by atoms with E-state index in [1.54, 1.807) is 18.5 Å². The summed E-state index contributed by atoms with van der Waals surface area (Å²) in [6, 6.07) is 3.22. The lowest BCUT2D eigenvalue weighted by atomic mass is 9.94. The monoisotopic (exact) mass is 549 g/mol. The second-order valence-corrected chi connectivity index (χ2v) is 12.2. The number of sulfonamides is 1. The number of hydrogen-bond donors (Lipinski definition) is 1. The summed E-state index contributed by atoms with van der Waals surface area (Å²) in [7, 11) is -3.39. The zero-order valence-electron chi connectivity index (χ0n) is 18.6. The van der Waals surface area contributed by atoms with Gasteiger partial charge in [-0.15, -0.1) is 11.3 Å². The smallest absolute Gasteiger partial charge is 0.226 e. The van der Waals surface area contributed by atoms with Gasteiger partial charge in [0.2, 0.25) is 15.9 Å². The molecular formula is C24H25ClFN5O3S2. The second kappa shape index (κ2) is 9.37. The summed E-state index contributed by atoms with van der Waals surface area (Å²) < 4.78 is 48.0. The van der Waals surface area contributed by atoms with Gasteiger partial charge in [0, 0.05) is 46.9 Å². The molecule has 0 amide bonds. The van der Waals surface area contributed by atoms with E-state index in [2.05, 4.69) is 14.7 Å². The predicted molar refractivity (Wildman–Crippen MR) is 138 cm³/mol. The molecule has 12 heteroatoms. The van der Waals surface area contributed by atoms with Crippen molar-refractivity contribution in [3.05, 3.63) is 74.7 Å². The summed E-state index contributed by atoms with van der Waals surface area (Å²) in [5, 5.41) is 2.47. The minimum Gasteiger partial charge on any atom is -0.444 e. The number of nitrogens with zero attached hydrogens (tertiary/aromatic N) is 4. The number of aliphatic imine (C=N–C) groups is 1. The average molecular weight is 550 g/mol. The highest BCUT2D eigenvalue weighted by atomic mass is 35.5. The van der Waals surface area contributed by atoms with Gasteiger partial charge in [-0.05, 0) is 31.9 Å². The third-order valence-electron chi connectivity index (χ3n) is 6.28. The fourth-order valence-corrected chi connectivity index (χ4v) is 7.06. The van der Waals surface area contributed by atoms with Crippen LogP contribution in [0.4, 0.5) is 4.39 Å². The maximum atomic E-state index is 13.9. The number of hydrogen-bond acceptors (Lipinski definition) is 8. The molecule has 0 bridgehead atoms. The number of thiazole rings is 1. The summed E-state index contributed by atoms with van der Waals surface area (Å²) in [6.07, 6.45) is 5.04. The highest BCUT2D eigenvalue weighted by Crippen LogP contribution is 2.46. The van der Waals surface area contributed by atoms with Gasteiger partial charge in [0.15, 0.2) is 10.8 Å². The van der Waals surface area contributed by atoms with Crippen LogP contribution in [-0.2, 0) is 10.0 Å². The Kier molecular flexibility index (Phi) is 6.52. The maximum Gasteiger partial charge on any atom is 0.226 e. The van der Waals surface area contributed by atoms with Crippen molar-refractivity contribution >= 4 is 44.4 Å². The molecule has 0 unspecified atom stereocenters. The van der Waals surface area contributed by atoms with E-state index in [1.165, 1.54) is 23.5 Å². The number of benzene rings is 1. The molecule has 2 aliphatic heterocycles. The van der Waals surface area contributed by atoms with Gasteiger partial charge in [-0.25, -0.2) is 27.5 Å². The third kappa shape index (κ3) is 4.49. The molecule has 3 aromatic rings. The predicted octanol–water partition coefficient (Wildman–Crippen LogP) is 4.94. The Labute approximate surface area is 218 Å². The van der Waals surface area contributed by atoms with Gasteiger partial charge < -0.3 is 9.32 Å². The lowest BCUT2D eigenvalue weighted by Gasteiger charge is -2.31. The molecule has 36 heavy (non-hydrogen) atoms. The topological polar surface area (TPSA) is 101 Å². The molecule has 2 atom stereocenters. The van der Waals surface area contributed by atoms with Crippen molar-refractivity contribution in [2.45, 2.75) is 50.9 Å². The molecule has 1 aromatic carbocycles. The summed E-state index contributed by atoms with van der Waals surface area (Å²) in [5.41, 5.74) is 2.81. The minimum atomic E-state index is -3.39. The van der Waals surface area contributed by atoms with Crippen molar-refractivity contribution < 1.29 is 17.2 Å². The molecule has 190 valence electrons. The Balaban J connectivity index is 0.00000267. The number of aryl methyl sites for hydroxylation is 1. The number of rotatable bonds is 6. The number of fused-ring (bicyclic) bond motifs is 1. The van der Waals surface area contributed by atoms with Crippen molar-refractivity contribution in [1.29, 1.82) is 0 Å². The standard InChI is InChI=1S/C23H21ClFN5O3S2.CH4/c1-12-11-33-22(27-12)19-18-9-14(29-35(31,32)15-3-4-15)10-30(18)21(23-26-6-7-34-23)28-20(19)16-5-2-13(25)8-17(16)24;/h2,5-8,11,14-15,20,29H,3-4,9-10H2,1H3;1H4/t14-,20-;/m0./s1. The number of halogens is 2. The van der Waals surface area contributed by atoms with E-state index < -0.39 is 21.9 Å². The van der Waals surface area contributed by atoms with E-state index >= 15 is 0 Å². The molecule has 6 rings (SSSR count). The van der Waals surface area contributed by atoms with Gasteiger partial charge in [0.25, 0.3) is 0 Å². The quantitative estimate of drug-likeness (QED) is 0.467. The lowest BCUT2D eigenvalue weighted by Crippen LogP contribution is -2.40. The number of oxazole rings is 1. The Bertz CT molecular complexity index is 1460. The minimum absolute atomic E-state index is 0. The fraction of sp³-hybridized carbons (Fsp3) is 0.375. The van der Waals surface area contributed by atoms with Crippen molar-refractivity contribution in [2.75, 3.05) is 6.54 Å². The Morgan fingerprint density at radius 3 is 2.75 bits per heavy atom. The van der Waals surface area contributed by atoms with E-state index in [0.717, 1.165) is 5.70 Å². The number of aromatic nitrogens is 2. The highest BCUT2D eigenvalue weighted by Gasteiger charge is 2.44. The summed E-state index contributed by atoms with van der Waals surface area (Å²) in [4.78, 5) is 16.0. The van der Waals surface area contributed by atoms with Gasteiger partial charge in [0.1, 0.15) is 18.1 Å². The Morgan fingerprint density at radius 2 is 2.11 bits per heavy atom. The summed E-state index contributed by atoms with van der Waals surface area (Å²) in [6.45, 7) is 2.22. The van der Waals surface area contributed by atoms with Crippen LogP contribution in [0.3, 0.4) is 0 Å². The van der Waals surface area contributed by atoms with Crippen molar-refractivity contribution in [3.8, 4) is 0 Å². The molecule has 3 aliphatic rings. The van der Waals surface area contributed by atoms with Gasteiger partial charge >= 0.3 is 0 Å². The van der Waals surface area contributed by atoms with Crippen LogP contribution in [0.25, 0.3) is 5.57 Å². The molecule has 8 nitrogen and oxygen atoms in total. The fourth-order valence-electron chi connectivity index (χ4n) is 4.58. The van der Waals surface area contributed by atoms with Crippen LogP contribution in [0, 0.1) is 12.7 Å². The summed E-state index contributed by atoms with van der Waals surface area (Å²) in [5.74, 6) is 0.540. The van der Waals surface area contributed by atoms with Gasteiger partial charge in [-0.3, -0.25) is 4.99 Å². The van der Waals surface area contributed by atoms with Crippen LogP contribution in [-0.4, -0.2) is 47.0 Å². The molecule has 1 saturated heterocycles. The van der Waals surface area contributed by atoms with Crippen LogP contribution in [0.5, 0.6) is 0 Å². The first-order chi connectivity index (χ1) is 16.8. The number of amidine groups is 1. The van der Waals surface area contributed by atoms with Gasteiger partial charge in [-0.2, -0.15) is 0 Å². The maximum absolute atomic E-state index is 13.9. The Hall–Kier alpha value is -2.60. The van der Waals surface area contributed by atoms with Crippen LogP contribution in [0.1, 0.15) is 54.9 Å². The largest absolute Gasteiger partial charge is 0.444 e. The zero-order chi connectivity index (χ0) is 24.3. The molecule has 1 aliphatic carbocycles. The van der Waals surface area contributed by atoms with Crippen molar-refractivity contribution in [1.82, 2.24) is 19.6 Å². The van der Waals surface area contributed by atoms with E-state index in [-0.39, 0.29) is 23.7 Å². The van der Waals surface area contributed by atoms with Gasteiger partial charge in [0.05, 0.1) is 16.5 Å². The molecule has 2 aromatic heterocycles. The molecular weight excluding hydrogens is 525 g/mol. The molecule has 2 fully saturated rings. The molecule has 0 radical (unpaired) electrons. The number of nitrogens with one attached hydrogen (secondary N) is 1. The van der Waals surface area contributed by atoms with Crippen LogP contribution in [0.2, 0.25) is 5.02 Å². The van der Waals surface area contributed by atoms with Crippen LogP contribution < -0.4 is 4.72 Å². The van der Waals surface area contributed by atoms with E-state index in [1.807, 2.05) is 17.2 Å². The van der Waals surface area contributed by atoms with Crippen molar-refractivity contribution in [3.63, 3.8) is 0 Å². The zero-order valence-corrected chi connectivity index (χ0v) is 21.0. The molecule has 0 spiro atoms. The lowest BCUT2D eigenvalue weighted by molar-refractivity contribution is 0.505. The Morgan fingerprint density at radius 1 is 1.31 bits per heavy atom. The first-order valence-corrected chi connectivity index (χ1v) is 14.0. The van der Waals surface area contributed by atoms with Gasteiger partial charge in [-0.1, -0.05) is 25.1 Å². The first-order valence-electron chi connectivity index (χ1n) is 11.2. The van der Waals surface area contributed by atoms with E-state index in [4.69, 9.17) is 21.0 Å². The highest BCUT2D eigenvalue weighted by molar-refractivity contribution is 7.90. The average Bonchev–Trinajstić information content (AvgIpc) is 3.17. The summed E-state index contributed by atoms with van der Waals surface area (Å²) >= 11 is 7.93. The molecule has 1 saturated carbocycles. The molecule has 4 heterocycles. The van der Waals surface area contributed by atoms with E-state index in [0.29, 0.717) is 59.4 Å². The van der Waals surface area contributed by atoms with Crippen LogP contribution >= 0.6 is 22.9 Å². The molecule has 1 N–H and O–H groups in total. The third-order valence-corrected chi connectivity index (χ3v) is 9.39. The SMILES string of the molecule is C.Cc1coc(C2=C3C[C@H](NS(=O)(=O)C4CC4)CN3C(c3nccs3)=N[C@H]2c2ccc(F)cc2Cl)n1. The second-order valence-electron chi connectivity index (χ2n) is 8.89.